The molecule has 0 radical (unpaired) electrons. The van der Waals surface area contributed by atoms with Crippen LogP contribution in [0.3, 0.4) is 0 Å². The van der Waals surface area contributed by atoms with Crippen LogP contribution in [0.4, 0.5) is 0 Å². The maximum atomic E-state index is 12.4. The number of rotatable bonds is 1. The van der Waals surface area contributed by atoms with Crippen molar-refractivity contribution in [1.29, 1.82) is 0 Å². The van der Waals surface area contributed by atoms with Gasteiger partial charge in [0.1, 0.15) is 11.3 Å². The number of benzene rings is 1. The zero-order chi connectivity index (χ0) is 14.4. The van der Waals surface area contributed by atoms with Gasteiger partial charge in [-0.3, -0.25) is 4.79 Å². The van der Waals surface area contributed by atoms with E-state index in [0.29, 0.717) is 22.3 Å². The molecular weight excluding hydrogens is 256 g/mol. The van der Waals surface area contributed by atoms with Gasteiger partial charge in [0.25, 0.3) is 0 Å². The van der Waals surface area contributed by atoms with Crippen LogP contribution in [0, 0.1) is 13.8 Å². The van der Waals surface area contributed by atoms with Gasteiger partial charge in [-0.25, -0.2) is 0 Å². The first-order valence-electron chi connectivity index (χ1n) is 6.77. The van der Waals surface area contributed by atoms with Crippen molar-refractivity contribution in [3.63, 3.8) is 0 Å². The van der Waals surface area contributed by atoms with E-state index >= 15 is 0 Å². The van der Waals surface area contributed by atoms with Gasteiger partial charge in [-0.15, -0.1) is 0 Å². The SMILES string of the molecule is CO[C@@H]1O[C@H](C)Cc2ccc3c(=O)c(C)c(C)oc3c21. The Labute approximate surface area is 117 Å². The Kier molecular flexibility index (Phi) is 3.15. The van der Waals surface area contributed by atoms with E-state index in [4.69, 9.17) is 13.9 Å². The molecule has 0 amide bonds. The van der Waals surface area contributed by atoms with E-state index in [1.54, 1.807) is 14.0 Å². The van der Waals surface area contributed by atoms with Crippen molar-refractivity contribution in [2.75, 3.05) is 7.11 Å². The van der Waals surface area contributed by atoms with E-state index in [0.717, 1.165) is 17.5 Å². The summed E-state index contributed by atoms with van der Waals surface area (Å²) in [6, 6.07) is 3.82. The summed E-state index contributed by atoms with van der Waals surface area (Å²) in [5.74, 6) is 0.643. The van der Waals surface area contributed by atoms with Crippen molar-refractivity contribution >= 4 is 11.0 Å². The second-order valence-electron chi connectivity index (χ2n) is 5.35. The Bertz CT molecular complexity index is 729. The Morgan fingerprint density at radius 3 is 2.75 bits per heavy atom. The fourth-order valence-corrected chi connectivity index (χ4v) is 2.77. The van der Waals surface area contributed by atoms with Crippen LogP contribution in [0.1, 0.15) is 35.7 Å². The van der Waals surface area contributed by atoms with Crippen LogP contribution in [0.25, 0.3) is 11.0 Å². The predicted molar refractivity (Wildman–Crippen MR) is 76.0 cm³/mol. The summed E-state index contributed by atoms with van der Waals surface area (Å²) in [4.78, 5) is 12.4. The topological polar surface area (TPSA) is 48.7 Å². The van der Waals surface area contributed by atoms with Crippen molar-refractivity contribution < 1.29 is 13.9 Å². The normalized spacial score (nSPS) is 22.0. The summed E-state index contributed by atoms with van der Waals surface area (Å²) in [6.07, 6.45) is 0.396. The van der Waals surface area contributed by atoms with Gasteiger partial charge in [-0.1, -0.05) is 6.07 Å². The maximum Gasteiger partial charge on any atom is 0.195 e. The summed E-state index contributed by atoms with van der Waals surface area (Å²) in [6.45, 7) is 5.60. The van der Waals surface area contributed by atoms with Gasteiger partial charge in [0, 0.05) is 12.7 Å². The first kappa shape index (κ1) is 13.3. The molecule has 0 unspecified atom stereocenters. The molecule has 0 saturated heterocycles. The van der Waals surface area contributed by atoms with Crippen molar-refractivity contribution in [3.8, 4) is 0 Å². The molecule has 2 aromatic rings. The summed E-state index contributed by atoms with van der Waals surface area (Å²) in [7, 11) is 1.60. The van der Waals surface area contributed by atoms with Crippen LogP contribution in [-0.2, 0) is 15.9 Å². The van der Waals surface area contributed by atoms with Crippen molar-refractivity contribution in [2.24, 2.45) is 0 Å². The maximum absolute atomic E-state index is 12.4. The lowest BCUT2D eigenvalue weighted by atomic mass is 9.95. The minimum absolute atomic E-state index is 0.0139. The van der Waals surface area contributed by atoms with E-state index in [1.165, 1.54) is 0 Å². The van der Waals surface area contributed by atoms with Gasteiger partial charge < -0.3 is 13.9 Å². The highest BCUT2D eigenvalue weighted by Gasteiger charge is 2.29. The van der Waals surface area contributed by atoms with Gasteiger partial charge in [0.2, 0.25) is 0 Å². The Morgan fingerprint density at radius 1 is 1.30 bits per heavy atom. The van der Waals surface area contributed by atoms with E-state index in [2.05, 4.69) is 0 Å². The highest BCUT2D eigenvalue weighted by atomic mass is 16.7. The monoisotopic (exact) mass is 274 g/mol. The Morgan fingerprint density at radius 2 is 2.05 bits per heavy atom. The summed E-state index contributed by atoms with van der Waals surface area (Å²) >= 11 is 0. The number of hydrogen-bond donors (Lipinski definition) is 0. The molecule has 4 nitrogen and oxygen atoms in total. The lowest BCUT2D eigenvalue weighted by Crippen LogP contribution is -2.25. The van der Waals surface area contributed by atoms with E-state index in [-0.39, 0.29) is 11.5 Å². The average Bonchev–Trinajstić information content (AvgIpc) is 2.43. The van der Waals surface area contributed by atoms with Gasteiger partial charge in [0.05, 0.1) is 17.1 Å². The zero-order valence-corrected chi connectivity index (χ0v) is 12.1. The van der Waals surface area contributed by atoms with Crippen LogP contribution >= 0.6 is 0 Å². The molecule has 2 heterocycles. The Balaban J connectivity index is 2.38. The minimum atomic E-state index is -0.484. The van der Waals surface area contributed by atoms with Crippen LogP contribution in [0.5, 0.6) is 0 Å². The molecule has 2 atom stereocenters. The molecule has 0 aliphatic carbocycles. The van der Waals surface area contributed by atoms with Gasteiger partial charge >= 0.3 is 0 Å². The third-order valence-corrected chi connectivity index (χ3v) is 3.97. The predicted octanol–water partition coefficient (Wildman–Crippen LogP) is 3.02. The number of fused-ring (bicyclic) bond motifs is 3. The molecule has 1 aromatic carbocycles. The third-order valence-electron chi connectivity index (χ3n) is 3.97. The Hall–Kier alpha value is -1.65. The van der Waals surface area contributed by atoms with Crippen molar-refractivity contribution in [2.45, 2.75) is 39.6 Å². The molecule has 0 saturated carbocycles. The first-order chi connectivity index (χ1) is 9.52. The van der Waals surface area contributed by atoms with Crippen LogP contribution in [0.15, 0.2) is 21.3 Å². The zero-order valence-electron chi connectivity index (χ0n) is 12.1. The van der Waals surface area contributed by atoms with Crippen molar-refractivity contribution in [1.82, 2.24) is 0 Å². The number of ether oxygens (including phenoxy) is 2. The van der Waals surface area contributed by atoms with E-state index in [1.807, 2.05) is 26.0 Å². The lowest BCUT2D eigenvalue weighted by molar-refractivity contribution is -0.162. The lowest BCUT2D eigenvalue weighted by Gasteiger charge is -2.29. The first-order valence-corrected chi connectivity index (χ1v) is 6.77. The standard InChI is InChI=1S/C16H18O4/c1-8-7-11-5-6-12-14(17)9(2)10(3)20-15(12)13(11)16(18-4)19-8/h5-6,8,16H,7H2,1-4H3/t8-,16-/m1/s1. The van der Waals surface area contributed by atoms with Gasteiger partial charge in [0.15, 0.2) is 11.7 Å². The number of aryl methyl sites for hydroxylation is 1. The van der Waals surface area contributed by atoms with Gasteiger partial charge in [-0.2, -0.15) is 0 Å². The number of methoxy groups -OCH3 is 1. The fraction of sp³-hybridized carbons (Fsp3) is 0.438. The van der Waals surface area contributed by atoms with Crippen molar-refractivity contribution in [3.05, 3.63) is 44.8 Å². The molecule has 4 heteroatoms. The second kappa shape index (κ2) is 4.72. The molecule has 20 heavy (non-hydrogen) atoms. The van der Waals surface area contributed by atoms with E-state index < -0.39 is 6.29 Å². The minimum Gasteiger partial charge on any atom is -0.460 e. The molecule has 3 rings (SSSR count). The largest absolute Gasteiger partial charge is 0.460 e. The summed E-state index contributed by atoms with van der Waals surface area (Å²) in [5.41, 5.74) is 3.23. The molecule has 0 N–H and O–H groups in total. The number of hydrogen-bond acceptors (Lipinski definition) is 4. The smallest absolute Gasteiger partial charge is 0.195 e. The fourth-order valence-electron chi connectivity index (χ4n) is 2.77. The molecule has 106 valence electrons. The van der Waals surface area contributed by atoms with Crippen LogP contribution in [-0.4, -0.2) is 13.2 Å². The highest BCUT2D eigenvalue weighted by Crippen LogP contribution is 2.36. The molecule has 1 aromatic heterocycles. The quantitative estimate of drug-likeness (QED) is 0.802. The molecule has 0 spiro atoms. The molecule has 0 fully saturated rings. The van der Waals surface area contributed by atoms with Gasteiger partial charge in [-0.05, 0) is 38.8 Å². The molecule has 1 aliphatic rings. The second-order valence-corrected chi connectivity index (χ2v) is 5.35. The van der Waals surface area contributed by atoms with Crippen LogP contribution in [0.2, 0.25) is 0 Å². The third kappa shape index (κ3) is 1.87. The summed E-state index contributed by atoms with van der Waals surface area (Å²) in [5, 5.41) is 0.590. The average molecular weight is 274 g/mol. The van der Waals surface area contributed by atoms with E-state index in [9.17, 15) is 4.79 Å². The molecular formula is C16H18O4. The highest BCUT2D eigenvalue weighted by molar-refractivity contribution is 5.82. The molecule has 0 bridgehead atoms. The van der Waals surface area contributed by atoms with Crippen LogP contribution < -0.4 is 5.43 Å². The molecule has 1 aliphatic heterocycles. The summed E-state index contributed by atoms with van der Waals surface area (Å²) < 4.78 is 17.1.